The maximum atomic E-state index is 2.32. The maximum absolute atomic E-state index is 2.32. The third-order valence-corrected chi connectivity index (χ3v) is 10.8. The third-order valence-electron chi connectivity index (χ3n) is 4.28. The van der Waals surface area contributed by atoms with Crippen molar-refractivity contribution in [2.24, 2.45) is 0 Å². The summed E-state index contributed by atoms with van der Waals surface area (Å²) in [5, 5.41) is 4.39. The molecule has 3 rings (SSSR count). The Hall–Kier alpha value is -1.56. The molecule has 3 aromatic rings. The summed E-state index contributed by atoms with van der Waals surface area (Å²) in [5.74, 6) is 0. The first-order valence-electron chi connectivity index (χ1n) is 8.71. The molecule has 0 saturated heterocycles. The standard InChI is InChI=1S/C23H26PS/c1-23(2,3)25-19-24(20-13-7-4-8-14-20,21-15-9-5-10-16-21)22-17-11-6-12-18-22/h4-18H,19H2,1-3H3/q+1. The maximum Gasteiger partial charge on any atom is 0.122 e. The fraction of sp³-hybridized carbons (Fsp3) is 0.217. The first-order chi connectivity index (χ1) is 12.0. The molecule has 0 aromatic heterocycles. The van der Waals surface area contributed by atoms with Crippen molar-refractivity contribution in [2.75, 3.05) is 5.49 Å². The molecule has 0 amide bonds. The van der Waals surface area contributed by atoms with Crippen LogP contribution in [0.1, 0.15) is 20.8 Å². The van der Waals surface area contributed by atoms with Gasteiger partial charge in [0.15, 0.2) is 0 Å². The second-order valence-corrected chi connectivity index (χ2v) is 12.9. The molecule has 0 aliphatic rings. The Balaban J connectivity index is 2.24. The van der Waals surface area contributed by atoms with E-state index >= 15 is 0 Å². The van der Waals surface area contributed by atoms with Gasteiger partial charge in [0.05, 0.1) is 0 Å². The van der Waals surface area contributed by atoms with E-state index in [1.807, 2.05) is 0 Å². The molecule has 0 radical (unpaired) electrons. The average Bonchev–Trinajstić information content (AvgIpc) is 2.64. The fourth-order valence-corrected chi connectivity index (χ4v) is 10.1. The van der Waals surface area contributed by atoms with Crippen LogP contribution in [0.25, 0.3) is 0 Å². The Labute approximate surface area is 157 Å². The van der Waals surface area contributed by atoms with E-state index in [9.17, 15) is 0 Å². The van der Waals surface area contributed by atoms with Crippen LogP contribution in [0.3, 0.4) is 0 Å². The summed E-state index contributed by atoms with van der Waals surface area (Å²) >= 11 is 2.07. The minimum absolute atomic E-state index is 0.240. The van der Waals surface area contributed by atoms with Crippen LogP contribution in [-0.4, -0.2) is 10.2 Å². The van der Waals surface area contributed by atoms with Crippen molar-refractivity contribution >= 4 is 34.9 Å². The average molecular weight is 366 g/mol. The Kier molecular flexibility index (Phi) is 5.67. The Morgan fingerprint density at radius 1 is 0.600 bits per heavy atom. The predicted octanol–water partition coefficient (Wildman–Crippen LogP) is 5.47. The number of rotatable bonds is 5. The molecule has 3 aromatic carbocycles. The molecule has 0 N–H and O–H groups in total. The fourth-order valence-electron chi connectivity index (χ4n) is 3.01. The van der Waals surface area contributed by atoms with E-state index in [0.717, 1.165) is 5.49 Å². The summed E-state index contributed by atoms with van der Waals surface area (Å²) in [6.45, 7) is 6.94. The molecule has 0 aliphatic heterocycles. The SMILES string of the molecule is CC(C)(C)SC[P+](c1ccccc1)(c1ccccc1)c1ccccc1. The number of hydrogen-bond acceptors (Lipinski definition) is 1. The molecule has 0 spiro atoms. The van der Waals surface area contributed by atoms with Crippen molar-refractivity contribution in [3.8, 4) is 0 Å². The summed E-state index contributed by atoms with van der Waals surface area (Å²) in [7, 11) is -1.69. The molecule has 128 valence electrons. The molecule has 0 saturated carbocycles. The normalized spacial score (nSPS) is 12.1. The predicted molar refractivity (Wildman–Crippen MR) is 117 cm³/mol. The van der Waals surface area contributed by atoms with Gasteiger partial charge < -0.3 is 0 Å². The van der Waals surface area contributed by atoms with E-state index in [2.05, 4.69) is 124 Å². The van der Waals surface area contributed by atoms with Crippen LogP contribution in [0.5, 0.6) is 0 Å². The van der Waals surface area contributed by atoms with Gasteiger partial charge in [0.2, 0.25) is 0 Å². The Morgan fingerprint density at radius 3 is 1.20 bits per heavy atom. The van der Waals surface area contributed by atoms with Crippen molar-refractivity contribution in [1.82, 2.24) is 0 Å². The molecule has 0 heterocycles. The minimum atomic E-state index is -1.69. The van der Waals surface area contributed by atoms with Gasteiger partial charge in [-0.3, -0.25) is 0 Å². The molecule has 0 unspecified atom stereocenters. The third kappa shape index (κ3) is 4.17. The molecule has 0 nitrogen and oxygen atoms in total. The van der Waals surface area contributed by atoms with Crippen molar-refractivity contribution < 1.29 is 0 Å². The number of benzene rings is 3. The summed E-state index contributed by atoms with van der Waals surface area (Å²) in [5.41, 5.74) is 1.12. The van der Waals surface area contributed by atoms with Crippen molar-refractivity contribution in [1.29, 1.82) is 0 Å². The van der Waals surface area contributed by atoms with Crippen LogP contribution >= 0.6 is 19.0 Å². The topological polar surface area (TPSA) is 0 Å². The first-order valence-corrected chi connectivity index (χ1v) is 11.7. The van der Waals surface area contributed by atoms with Gasteiger partial charge in [-0.25, -0.2) is 0 Å². The quantitative estimate of drug-likeness (QED) is 0.540. The summed E-state index contributed by atoms with van der Waals surface area (Å²) in [4.78, 5) is 0. The highest BCUT2D eigenvalue weighted by molar-refractivity contribution is 8.13. The van der Waals surface area contributed by atoms with Gasteiger partial charge in [-0.05, 0) is 36.4 Å². The summed E-state index contributed by atoms with van der Waals surface area (Å²) in [6, 6.07) is 33.3. The molecular formula is C23H26PS+. The lowest BCUT2D eigenvalue weighted by Crippen LogP contribution is -2.33. The van der Waals surface area contributed by atoms with Crippen LogP contribution in [0, 0.1) is 0 Å². The van der Waals surface area contributed by atoms with E-state index in [-0.39, 0.29) is 4.75 Å². The lowest BCUT2D eigenvalue weighted by atomic mass is 10.3. The van der Waals surface area contributed by atoms with Gasteiger partial charge in [-0.15, -0.1) is 11.8 Å². The molecule has 25 heavy (non-hydrogen) atoms. The number of thioether (sulfide) groups is 1. The van der Waals surface area contributed by atoms with E-state index in [4.69, 9.17) is 0 Å². The lowest BCUT2D eigenvalue weighted by Gasteiger charge is -2.30. The van der Waals surface area contributed by atoms with Crippen molar-refractivity contribution in [2.45, 2.75) is 25.5 Å². The van der Waals surface area contributed by atoms with Crippen molar-refractivity contribution in [3.05, 3.63) is 91.0 Å². The van der Waals surface area contributed by atoms with Gasteiger partial charge in [0.1, 0.15) is 28.7 Å². The smallest absolute Gasteiger partial charge is 0.114 e. The molecule has 0 fully saturated rings. The van der Waals surface area contributed by atoms with Gasteiger partial charge >= 0.3 is 0 Å². The lowest BCUT2D eigenvalue weighted by molar-refractivity contribution is 0.805. The van der Waals surface area contributed by atoms with Crippen LogP contribution < -0.4 is 15.9 Å². The first kappa shape index (κ1) is 18.2. The Bertz CT molecular complexity index is 680. The monoisotopic (exact) mass is 365 g/mol. The highest BCUT2D eigenvalue weighted by atomic mass is 32.2. The summed E-state index contributed by atoms with van der Waals surface area (Å²) < 4.78 is 0.240. The van der Waals surface area contributed by atoms with E-state index in [1.165, 1.54) is 15.9 Å². The second kappa shape index (κ2) is 7.77. The zero-order valence-corrected chi connectivity index (χ0v) is 16.9. The molecule has 0 atom stereocenters. The highest BCUT2D eigenvalue weighted by Gasteiger charge is 2.45. The van der Waals surface area contributed by atoms with Crippen LogP contribution in [-0.2, 0) is 0 Å². The second-order valence-electron chi connectivity index (χ2n) is 7.20. The van der Waals surface area contributed by atoms with E-state index in [0.29, 0.717) is 0 Å². The zero-order chi connectivity index (χ0) is 17.8. The van der Waals surface area contributed by atoms with E-state index < -0.39 is 7.26 Å². The van der Waals surface area contributed by atoms with Gasteiger partial charge in [0, 0.05) is 4.75 Å². The van der Waals surface area contributed by atoms with Crippen LogP contribution in [0.2, 0.25) is 0 Å². The molecular weight excluding hydrogens is 339 g/mol. The van der Waals surface area contributed by atoms with Crippen molar-refractivity contribution in [3.63, 3.8) is 0 Å². The van der Waals surface area contributed by atoms with E-state index in [1.54, 1.807) is 0 Å². The van der Waals surface area contributed by atoms with Crippen LogP contribution in [0.4, 0.5) is 0 Å². The Morgan fingerprint density at radius 2 is 0.920 bits per heavy atom. The molecule has 0 bridgehead atoms. The van der Waals surface area contributed by atoms with Gasteiger partial charge in [-0.2, -0.15) is 0 Å². The molecule has 2 heteroatoms. The van der Waals surface area contributed by atoms with Crippen LogP contribution in [0.15, 0.2) is 91.0 Å². The zero-order valence-electron chi connectivity index (χ0n) is 15.2. The van der Waals surface area contributed by atoms with Gasteiger partial charge in [-0.1, -0.05) is 75.4 Å². The highest BCUT2D eigenvalue weighted by Crippen LogP contribution is 2.58. The summed E-state index contributed by atoms with van der Waals surface area (Å²) in [6.07, 6.45) is 0. The van der Waals surface area contributed by atoms with Gasteiger partial charge in [0.25, 0.3) is 0 Å². The largest absolute Gasteiger partial charge is 0.122 e. The number of hydrogen-bond donors (Lipinski definition) is 0. The molecule has 0 aliphatic carbocycles. The minimum Gasteiger partial charge on any atom is -0.114 e.